The van der Waals surface area contributed by atoms with Gasteiger partial charge in [0.1, 0.15) is 5.82 Å². The molecule has 2 heterocycles. The van der Waals surface area contributed by atoms with Crippen LogP contribution in [0.1, 0.15) is 29.3 Å². The molecule has 3 aromatic rings. The number of fused-ring (bicyclic) bond motifs is 1. The fourth-order valence-corrected chi connectivity index (χ4v) is 2.68. The van der Waals surface area contributed by atoms with E-state index in [-0.39, 0.29) is 5.38 Å². The molecule has 3 nitrogen and oxygen atoms in total. The Morgan fingerprint density at radius 3 is 2.65 bits per heavy atom. The lowest BCUT2D eigenvalue weighted by molar-refractivity contribution is 0.740. The minimum absolute atomic E-state index is 0.122. The van der Waals surface area contributed by atoms with E-state index in [0.717, 1.165) is 23.4 Å². The van der Waals surface area contributed by atoms with Crippen molar-refractivity contribution in [1.29, 1.82) is 0 Å². The molecule has 2 aromatic heterocycles. The highest BCUT2D eigenvalue weighted by Crippen LogP contribution is 2.27. The van der Waals surface area contributed by atoms with Gasteiger partial charge in [-0.05, 0) is 43.2 Å². The maximum atomic E-state index is 6.30. The first kappa shape index (κ1) is 13.1. The first-order valence-electron chi connectivity index (χ1n) is 6.65. The quantitative estimate of drug-likeness (QED) is 0.679. The molecule has 0 saturated carbocycles. The van der Waals surface area contributed by atoms with Crippen LogP contribution in [-0.4, -0.2) is 14.5 Å². The van der Waals surface area contributed by atoms with Crippen LogP contribution >= 0.6 is 11.6 Å². The van der Waals surface area contributed by atoms with Crippen molar-refractivity contribution in [1.82, 2.24) is 14.5 Å². The molecular weight excluding hydrogens is 270 g/mol. The minimum Gasteiger partial charge on any atom is -0.322 e. The number of para-hydroxylation sites is 1. The molecule has 20 heavy (non-hydrogen) atoms. The van der Waals surface area contributed by atoms with E-state index >= 15 is 0 Å². The zero-order chi connectivity index (χ0) is 14.1. The number of nitrogens with zero attached hydrogens (tertiary/aromatic N) is 3. The summed E-state index contributed by atoms with van der Waals surface area (Å²) in [6.45, 7) is 4.83. The van der Waals surface area contributed by atoms with E-state index in [1.807, 2.05) is 43.6 Å². The van der Waals surface area contributed by atoms with Crippen LogP contribution in [0.5, 0.6) is 0 Å². The van der Waals surface area contributed by atoms with Gasteiger partial charge < -0.3 is 4.57 Å². The number of imidazole rings is 1. The number of hydrogen-bond donors (Lipinski definition) is 0. The van der Waals surface area contributed by atoms with Crippen molar-refractivity contribution in [2.45, 2.75) is 25.8 Å². The van der Waals surface area contributed by atoms with E-state index in [4.69, 9.17) is 11.6 Å². The molecule has 0 amide bonds. The van der Waals surface area contributed by atoms with Crippen LogP contribution in [0.2, 0.25) is 0 Å². The molecule has 0 saturated heterocycles. The lowest BCUT2D eigenvalue weighted by atomic mass is 10.2. The molecule has 3 rings (SSSR count). The summed E-state index contributed by atoms with van der Waals surface area (Å²) in [5.41, 5.74) is 4.57. The van der Waals surface area contributed by atoms with Crippen LogP contribution in [0.25, 0.3) is 11.0 Å². The van der Waals surface area contributed by atoms with Gasteiger partial charge >= 0.3 is 0 Å². The number of pyridine rings is 1. The summed E-state index contributed by atoms with van der Waals surface area (Å²) in [6, 6.07) is 10.2. The normalized spacial score (nSPS) is 12.8. The highest BCUT2D eigenvalue weighted by Gasteiger charge is 2.16. The zero-order valence-electron chi connectivity index (χ0n) is 11.5. The topological polar surface area (TPSA) is 30.7 Å². The lowest BCUT2D eigenvalue weighted by Gasteiger charge is -2.11. The van der Waals surface area contributed by atoms with Gasteiger partial charge in [-0.2, -0.15) is 0 Å². The van der Waals surface area contributed by atoms with Crippen molar-refractivity contribution >= 4 is 22.6 Å². The van der Waals surface area contributed by atoms with Crippen molar-refractivity contribution in [2.75, 3.05) is 0 Å². The third-order valence-electron chi connectivity index (χ3n) is 3.44. The first-order chi connectivity index (χ1) is 9.66. The van der Waals surface area contributed by atoms with Gasteiger partial charge in [-0.15, -0.1) is 11.6 Å². The fourth-order valence-electron chi connectivity index (χ4n) is 2.52. The Hall–Kier alpha value is -1.87. The molecule has 0 bridgehead atoms. The van der Waals surface area contributed by atoms with Gasteiger partial charge in [0.05, 0.1) is 16.4 Å². The van der Waals surface area contributed by atoms with E-state index < -0.39 is 0 Å². The molecule has 0 N–H and O–H groups in total. The monoisotopic (exact) mass is 285 g/mol. The third kappa shape index (κ3) is 2.29. The standard InChI is InChI=1S/C16H16ClN3/c1-11-4-3-5-14-15(11)20(16(19-14)12(2)17)10-13-6-8-18-9-7-13/h3-9,12H,10H2,1-2H3. The molecule has 1 unspecified atom stereocenters. The molecule has 0 fully saturated rings. The Bertz CT molecular complexity index is 732. The molecule has 1 aromatic carbocycles. The lowest BCUT2D eigenvalue weighted by Crippen LogP contribution is -2.06. The third-order valence-corrected chi connectivity index (χ3v) is 3.64. The van der Waals surface area contributed by atoms with E-state index in [1.165, 1.54) is 11.1 Å². The van der Waals surface area contributed by atoms with Gasteiger partial charge in [0.2, 0.25) is 0 Å². The number of aryl methyl sites for hydroxylation is 1. The Balaban J connectivity index is 2.19. The molecule has 0 aliphatic heterocycles. The molecule has 1 atom stereocenters. The summed E-state index contributed by atoms with van der Waals surface area (Å²) in [5.74, 6) is 0.910. The smallest absolute Gasteiger partial charge is 0.128 e. The summed E-state index contributed by atoms with van der Waals surface area (Å²) in [7, 11) is 0. The maximum absolute atomic E-state index is 6.30. The molecule has 0 aliphatic carbocycles. The zero-order valence-corrected chi connectivity index (χ0v) is 12.3. The first-order valence-corrected chi connectivity index (χ1v) is 7.09. The average Bonchev–Trinajstić information content (AvgIpc) is 2.80. The van der Waals surface area contributed by atoms with Crippen molar-refractivity contribution < 1.29 is 0 Å². The largest absolute Gasteiger partial charge is 0.322 e. The second-order valence-electron chi connectivity index (χ2n) is 4.97. The Kier molecular flexibility index (Phi) is 3.45. The van der Waals surface area contributed by atoms with Crippen LogP contribution in [-0.2, 0) is 6.54 Å². The fraction of sp³-hybridized carbons (Fsp3) is 0.250. The number of hydrogen-bond acceptors (Lipinski definition) is 2. The highest BCUT2D eigenvalue weighted by atomic mass is 35.5. The van der Waals surface area contributed by atoms with Crippen LogP contribution < -0.4 is 0 Å². The second-order valence-corrected chi connectivity index (χ2v) is 5.62. The molecule has 0 aliphatic rings. The predicted octanol–water partition coefficient (Wildman–Crippen LogP) is 4.09. The van der Waals surface area contributed by atoms with Crippen LogP contribution in [0.15, 0.2) is 42.7 Å². The number of aromatic nitrogens is 3. The molecule has 4 heteroatoms. The molecule has 0 spiro atoms. The van der Waals surface area contributed by atoms with Gasteiger partial charge in [0, 0.05) is 18.9 Å². The summed E-state index contributed by atoms with van der Waals surface area (Å²) >= 11 is 6.30. The Morgan fingerprint density at radius 2 is 1.95 bits per heavy atom. The summed E-state index contributed by atoms with van der Waals surface area (Å²) < 4.78 is 2.21. The van der Waals surface area contributed by atoms with Gasteiger partial charge in [0.15, 0.2) is 0 Å². The SMILES string of the molecule is Cc1cccc2nc(C(C)Cl)n(Cc3ccncc3)c12. The summed E-state index contributed by atoms with van der Waals surface area (Å²) in [6.07, 6.45) is 3.62. The predicted molar refractivity (Wildman–Crippen MR) is 82.1 cm³/mol. The summed E-state index contributed by atoms with van der Waals surface area (Å²) in [4.78, 5) is 8.75. The minimum atomic E-state index is -0.122. The van der Waals surface area contributed by atoms with Crippen molar-refractivity contribution in [2.24, 2.45) is 0 Å². The van der Waals surface area contributed by atoms with E-state index in [1.54, 1.807) is 0 Å². The van der Waals surface area contributed by atoms with E-state index in [2.05, 4.69) is 27.5 Å². The molecular formula is C16H16ClN3. The van der Waals surface area contributed by atoms with Crippen molar-refractivity contribution in [3.8, 4) is 0 Å². The van der Waals surface area contributed by atoms with E-state index in [0.29, 0.717) is 0 Å². The number of rotatable bonds is 3. The maximum Gasteiger partial charge on any atom is 0.128 e. The van der Waals surface area contributed by atoms with Gasteiger partial charge in [0.25, 0.3) is 0 Å². The molecule has 0 radical (unpaired) electrons. The number of benzene rings is 1. The Labute approximate surface area is 123 Å². The van der Waals surface area contributed by atoms with Crippen LogP contribution in [0, 0.1) is 6.92 Å². The highest BCUT2D eigenvalue weighted by molar-refractivity contribution is 6.20. The van der Waals surface area contributed by atoms with E-state index in [9.17, 15) is 0 Å². The number of halogens is 1. The van der Waals surface area contributed by atoms with Crippen LogP contribution in [0.3, 0.4) is 0 Å². The van der Waals surface area contributed by atoms with Gasteiger partial charge in [-0.3, -0.25) is 4.98 Å². The molecule has 102 valence electrons. The van der Waals surface area contributed by atoms with Gasteiger partial charge in [-0.1, -0.05) is 12.1 Å². The van der Waals surface area contributed by atoms with Gasteiger partial charge in [-0.25, -0.2) is 4.98 Å². The van der Waals surface area contributed by atoms with Crippen LogP contribution in [0.4, 0.5) is 0 Å². The number of alkyl halides is 1. The Morgan fingerprint density at radius 1 is 1.20 bits per heavy atom. The second kappa shape index (κ2) is 5.25. The summed E-state index contributed by atoms with van der Waals surface area (Å²) in [5, 5.41) is -0.122. The van der Waals surface area contributed by atoms with Crippen molar-refractivity contribution in [3.63, 3.8) is 0 Å². The van der Waals surface area contributed by atoms with Crippen molar-refractivity contribution in [3.05, 3.63) is 59.7 Å². The average molecular weight is 286 g/mol.